The molecule has 0 radical (unpaired) electrons. The van der Waals surface area contributed by atoms with Crippen LogP contribution in [0.1, 0.15) is 12.0 Å². The van der Waals surface area contributed by atoms with Gasteiger partial charge in [0.05, 0.1) is 6.42 Å². The molecule has 0 saturated carbocycles. The quantitative estimate of drug-likeness (QED) is 0.590. The topological polar surface area (TPSA) is 110 Å². The van der Waals surface area contributed by atoms with E-state index in [9.17, 15) is 22.4 Å². The maximum atomic E-state index is 14.0. The number of benzene rings is 1. The van der Waals surface area contributed by atoms with Crippen LogP contribution in [0.5, 0.6) is 0 Å². The van der Waals surface area contributed by atoms with Crippen molar-refractivity contribution >= 4 is 27.5 Å². The van der Waals surface area contributed by atoms with Crippen molar-refractivity contribution in [3.05, 3.63) is 23.5 Å². The van der Waals surface area contributed by atoms with E-state index in [2.05, 4.69) is 0 Å². The van der Waals surface area contributed by atoms with Gasteiger partial charge in [-0.2, -0.15) is 4.72 Å². The van der Waals surface area contributed by atoms with Crippen LogP contribution in [0.15, 0.2) is 17.0 Å². The predicted octanol–water partition coefficient (Wildman–Crippen LogP) is -0.248. The van der Waals surface area contributed by atoms with Gasteiger partial charge in [0.15, 0.2) is 0 Å². The molecule has 2 amide bonds. The summed E-state index contributed by atoms with van der Waals surface area (Å²) in [5, 5.41) is 0. The summed E-state index contributed by atoms with van der Waals surface area (Å²) >= 11 is 0. The summed E-state index contributed by atoms with van der Waals surface area (Å²) in [5.41, 5.74) is 5.67. The number of imide groups is 1. The van der Waals surface area contributed by atoms with Gasteiger partial charge in [-0.1, -0.05) is 0 Å². The normalized spacial score (nSPS) is 19.4. The molecule has 1 fully saturated rings. The van der Waals surface area contributed by atoms with Gasteiger partial charge in [0.1, 0.15) is 16.8 Å². The Morgan fingerprint density at radius 2 is 2.00 bits per heavy atom. The second-order valence-corrected chi connectivity index (χ2v) is 6.50. The maximum absolute atomic E-state index is 14.0. The molecular formula is C12H14FN3O4S. The van der Waals surface area contributed by atoms with E-state index in [1.807, 2.05) is 4.72 Å². The van der Waals surface area contributed by atoms with Gasteiger partial charge in [-0.3, -0.25) is 14.5 Å². The molecule has 9 heteroatoms. The molecule has 3 N–H and O–H groups in total. The van der Waals surface area contributed by atoms with Crippen molar-refractivity contribution in [2.24, 2.45) is 0 Å². The van der Waals surface area contributed by atoms with Crippen molar-refractivity contribution in [1.29, 1.82) is 0 Å². The van der Waals surface area contributed by atoms with Gasteiger partial charge in [0, 0.05) is 12.7 Å². The Kier molecular flexibility index (Phi) is 3.72. The lowest BCUT2D eigenvalue weighted by Crippen LogP contribution is -2.40. The number of likely N-dealkylation sites (tertiary alicyclic amines) is 1. The highest BCUT2D eigenvalue weighted by atomic mass is 32.2. The van der Waals surface area contributed by atoms with Crippen molar-refractivity contribution < 1.29 is 22.4 Å². The molecule has 0 aromatic heterocycles. The highest BCUT2D eigenvalue weighted by Gasteiger charge is 2.39. The number of nitrogens with zero attached hydrogens (tertiary/aromatic N) is 1. The molecule has 7 nitrogen and oxygen atoms in total. The predicted molar refractivity (Wildman–Crippen MR) is 72.1 cm³/mol. The number of likely N-dealkylation sites (N-methyl/N-ethyl adjacent to an activating group) is 1. The highest BCUT2D eigenvalue weighted by Crippen LogP contribution is 2.23. The molecule has 1 saturated heterocycles. The fraction of sp³-hybridized carbons (Fsp3) is 0.333. The summed E-state index contributed by atoms with van der Waals surface area (Å²) in [6.45, 7) is 1.38. The Morgan fingerprint density at radius 1 is 1.38 bits per heavy atom. The standard InChI is InChI=1S/C12H14FN3O4S/c1-6-3-7(14)4-9(11(6)13)21(19,20)15-8-5-10(17)16(2)12(8)18/h3-4,8,15H,5,14H2,1-2H3. The van der Waals surface area contributed by atoms with Crippen LogP contribution in [0, 0.1) is 12.7 Å². The van der Waals surface area contributed by atoms with Crippen molar-refractivity contribution in [2.75, 3.05) is 12.8 Å². The molecule has 0 aliphatic carbocycles. The number of carbonyl (C=O) groups is 2. The Hall–Kier alpha value is -2.00. The van der Waals surface area contributed by atoms with Crippen LogP contribution in [-0.2, 0) is 19.6 Å². The number of sulfonamides is 1. The van der Waals surface area contributed by atoms with Crippen molar-refractivity contribution in [3.63, 3.8) is 0 Å². The van der Waals surface area contributed by atoms with E-state index in [0.29, 0.717) is 0 Å². The first kappa shape index (κ1) is 15.4. The average Bonchev–Trinajstić information content (AvgIpc) is 2.61. The van der Waals surface area contributed by atoms with Gasteiger partial charge in [0.2, 0.25) is 21.8 Å². The highest BCUT2D eigenvalue weighted by molar-refractivity contribution is 7.89. The number of hydrogen-bond donors (Lipinski definition) is 2. The number of nitrogen functional groups attached to an aromatic ring is 1. The maximum Gasteiger partial charge on any atom is 0.247 e. The van der Waals surface area contributed by atoms with E-state index >= 15 is 0 Å². The number of hydrogen-bond acceptors (Lipinski definition) is 5. The Morgan fingerprint density at radius 3 is 2.52 bits per heavy atom. The smallest absolute Gasteiger partial charge is 0.247 e. The number of aryl methyl sites for hydroxylation is 1. The lowest BCUT2D eigenvalue weighted by molar-refractivity contribution is -0.137. The minimum absolute atomic E-state index is 0.0707. The van der Waals surface area contributed by atoms with Crippen molar-refractivity contribution in [3.8, 4) is 0 Å². The zero-order valence-electron chi connectivity index (χ0n) is 11.4. The fourth-order valence-corrected chi connectivity index (χ4v) is 3.43. The molecule has 0 spiro atoms. The lowest BCUT2D eigenvalue weighted by atomic mass is 10.2. The molecular weight excluding hydrogens is 301 g/mol. The molecule has 1 aromatic rings. The zero-order chi connectivity index (χ0) is 15.9. The molecule has 2 rings (SSSR count). The monoisotopic (exact) mass is 315 g/mol. The molecule has 1 aliphatic heterocycles. The van der Waals surface area contributed by atoms with Crippen LogP contribution in [0.25, 0.3) is 0 Å². The summed E-state index contributed by atoms with van der Waals surface area (Å²) in [4.78, 5) is 23.3. The minimum Gasteiger partial charge on any atom is -0.399 e. The van der Waals surface area contributed by atoms with Crippen LogP contribution in [0.4, 0.5) is 10.1 Å². The van der Waals surface area contributed by atoms with Gasteiger partial charge < -0.3 is 5.73 Å². The SMILES string of the molecule is Cc1cc(N)cc(S(=O)(=O)NC2CC(=O)N(C)C2=O)c1F. The lowest BCUT2D eigenvalue weighted by Gasteiger charge is -2.13. The molecule has 21 heavy (non-hydrogen) atoms. The summed E-state index contributed by atoms with van der Waals surface area (Å²) in [6, 6.07) is 1.04. The third-order valence-electron chi connectivity index (χ3n) is 3.21. The Balaban J connectivity index is 2.36. The number of halogens is 1. The van der Waals surface area contributed by atoms with E-state index in [1.54, 1.807) is 0 Å². The summed E-state index contributed by atoms with van der Waals surface area (Å²) < 4.78 is 40.4. The van der Waals surface area contributed by atoms with Crippen LogP contribution in [-0.4, -0.2) is 38.2 Å². The second-order valence-electron chi connectivity index (χ2n) is 4.82. The van der Waals surface area contributed by atoms with Crippen LogP contribution >= 0.6 is 0 Å². The van der Waals surface area contributed by atoms with Gasteiger partial charge in [-0.15, -0.1) is 0 Å². The zero-order valence-corrected chi connectivity index (χ0v) is 12.2. The number of nitrogens with two attached hydrogens (primary N) is 1. The first-order valence-corrected chi connectivity index (χ1v) is 7.50. The van der Waals surface area contributed by atoms with Crippen LogP contribution < -0.4 is 10.5 Å². The summed E-state index contributed by atoms with van der Waals surface area (Å²) in [6.07, 6.45) is -0.294. The van der Waals surface area contributed by atoms with E-state index in [1.165, 1.54) is 20.0 Å². The number of anilines is 1. The Labute approximate surface area is 121 Å². The first-order chi connectivity index (χ1) is 9.63. The van der Waals surface area contributed by atoms with Crippen molar-refractivity contribution in [1.82, 2.24) is 9.62 Å². The van der Waals surface area contributed by atoms with Gasteiger partial charge in [0.25, 0.3) is 0 Å². The number of amides is 2. The Bertz CT molecular complexity index is 732. The van der Waals surface area contributed by atoms with Crippen LogP contribution in [0.3, 0.4) is 0 Å². The first-order valence-electron chi connectivity index (χ1n) is 6.02. The summed E-state index contributed by atoms with van der Waals surface area (Å²) in [7, 11) is -3.05. The molecule has 1 aliphatic rings. The third-order valence-corrected chi connectivity index (χ3v) is 4.68. The molecule has 1 heterocycles. The largest absolute Gasteiger partial charge is 0.399 e. The molecule has 114 valence electrons. The molecule has 1 atom stereocenters. The van der Waals surface area contributed by atoms with Gasteiger partial charge in [-0.05, 0) is 24.6 Å². The molecule has 1 unspecified atom stereocenters. The minimum atomic E-state index is -4.30. The number of carbonyl (C=O) groups excluding carboxylic acids is 2. The molecule has 0 bridgehead atoms. The van der Waals surface area contributed by atoms with E-state index in [0.717, 1.165) is 11.0 Å². The van der Waals surface area contributed by atoms with Gasteiger partial charge >= 0.3 is 0 Å². The number of nitrogens with one attached hydrogen (secondary N) is 1. The third kappa shape index (κ3) is 2.74. The molecule has 1 aromatic carbocycles. The average molecular weight is 315 g/mol. The van der Waals surface area contributed by atoms with Gasteiger partial charge in [-0.25, -0.2) is 12.8 Å². The van der Waals surface area contributed by atoms with E-state index in [-0.39, 0.29) is 17.7 Å². The number of rotatable bonds is 3. The fourth-order valence-electron chi connectivity index (χ4n) is 2.06. The van der Waals surface area contributed by atoms with E-state index < -0.39 is 38.6 Å². The van der Waals surface area contributed by atoms with Crippen LogP contribution in [0.2, 0.25) is 0 Å². The second kappa shape index (κ2) is 5.08. The van der Waals surface area contributed by atoms with Crippen molar-refractivity contribution in [2.45, 2.75) is 24.3 Å². The van der Waals surface area contributed by atoms with E-state index in [4.69, 9.17) is 5.73 Å². The summed E-state index contributed by atoms with van der Waals surface area (Å²) in [5.74, 6) is -2.12.